The summed E-state index contributed by atoms with van der Waals surface area (Å²) in [5, 5.41) is 13.3. The number of carbonyl (C=O) groups is 1. The average Bonchev–Trinajstić information content (AvgIpc) is 3.06. The van der Waals surface area contributed by atoms with E-state index in [2.05, 4.69) is 10.2 Å². The SMILES string of the molecule is O=C1NC2(CCCC2)CN1C1C2CC3CC1CC(CO)(C3)C2. The van der Waals surface area contributed by atoms with Crippen LogP contribution in [-0.4, -0.2) is 40.8 Å². The van der Waals surface area contributed by atoms with Crippen molar-refractivity contribution in [3.05, 3.63) is 0 Å². The zero-order valence-corrected chi connectivity index (χ0v) is 13.4. The van der Waals surface area contributed by atoms with Crippen LogP contribution in [0.1, 0.15) is 57.8 Å². The number of nitrogens with zero attached hydrogens (tertiary/aromatic N) is 1. The summed E-state index contributed by atoms with van der Waals surface area (Å²) in [6, 6.07) is 0.661. The summed E-state index contributed by atoms with van der Waals surface area (Å²) in [5.41, 5.74) is 0.300. The quantitative estimate of drug-likeness (QED) is 0.823. The van der Waals surface area contributed by atoms with Crippen molar-refractivity contribution in [2.75, 3.05) is 13.2 Å². The summed E-state index contributed by atoms with van der Waals surface area (Å²) in [5.74, 6) is 2.09. The third-order valence-corrected chi connectivity index (χ3v) is 7.71. The highest BCUT2D eigenvalue weighted by atomic mass is 16.3. The van der Waals surface area contributed by atoms with E-state index in [1.807, 2.05) is 0 Å². The molecule has 4 bridgehead atoms. The molecule has 5 aliphatic carbocycles. The molecule has 1 aliphatic heterocycles. The van der Waals surface area contributed by atoms with Crippen LogP contribution in [-0.2, 0) is 0 Å². The molecule has 22 heavy (non-hydrogen) atoms. The Balaban J connectivity index is 1.41. The Labute approximate surface area is 132 Å². The van der Waals surface area contributed by atoms with Gasteiger partial charge in [-0.2, -0.15) is 0 Å². The van der Waals surface area contributed by atoms with Gasteiger partial charge >= 0.3 is 6.03 Å². The number of rotatable bonds is 2. The van der Waals surface area contributed by atoms with Gasteiger partial charge in [0.2, 0.25) is 0 Å². The van der Waals surface area contributed by atoms with Gasteiger partial charge in [-0.05, 0) is 68.1 Å². The van der Waals surface area contributed by atoms with Crippen molar-refractivity contribution < 1.29 is 9.90 Å². The molecule has 0 aromatic carbocycles. The van der Waals surface area contributed by atoms with Crippen molar-refractivity contribution in [1.29, 1.82) is 0 Å². The van der Waals surface area contributed by atoms with Gasteiger partial charge in [0, 0.05) is 19.2 Å². The van der Waals surface area contributed by atoms with Crippen LogP contribution in [0, 0.1) is 23.2 Å². The van der Waals surface area contributed by atoms with Gasteiger partial charge in [-0.1, -0.05) is 12.8 Å². The first kappa shape index (κ1) is 13.6. The van der Waals surface area contributed by atoms with Crippen molar-refractivity contribution in [2.24, 2.45) is 23.2 Å². The predicted molar refractivity (Wildman–Crippen MR) is 83.3 cm³/mol. The lowest BCUT2D eigenvalue weighted by Crippen LogP contribution is -2.60. The standard InChI is InChI=1S/C18H28N2O2/c21-11-17-7-12-5-13(8-17)15(14(6-12)9-17)20-10-18(19-16(20)22)3-1-2-4-18/h12-15,21H,1-11H2,(H,19,22). The van der Waals surface area contributed by atoms with Crippen LogP contribution >= 0.6 is 0 Å². The minimum atomic E-state index is 0.0976. The van der Waals surface area contributed by atoms with E-state index in [-0.39, 0.29) is 17.0 Å². The molecule has 6 fully saturated rings. The van der Waals surface area contributed by atoms with Crippen molar-refractivity contribution in [3.8, 4) is 0 Å². The molecule has 4 heteroatoms. The second-order valence-corrected chi connectivity index (χ2v) is 9.16. The smallest absolute Gasteiger partial charge is 0.318 e. The number of nitrogens with one attached hydrogen (secondary N) is 1. The molecule has 2 N–H and O–H groups in total. The highest BCUT2D eigenvalue weighted by molar-refractivity contribution is 5.78. The van der Waals surface area contributed by atoms with E-state index in [9.17, 15) is 9.90 Å². The minimum absolute atomic E-state index is 0.0976. The highest BCUT2D eigenvalue weighted by Crippen LogP contribution is 2.61. The van der Waals surface area contributed by atoms with E-state index in [1.165, 1.54) is 44.9 Å². The molecule has 6 aliphatic rings. The summed E-state index contributed by atoms with van der Waals surface area (Å²) in [6.07, 6.45) is 11.0. The van der Waals surface area contributed by atoms with E-state index in [1.54, 1.807) is 0 Å². The first-order valence-electron chi connectivity index (χ1n) is 9.32. The fourth-order valence-electron chi connectivity index (χ4n) is 7.18. The van der Waals surface area contributed by atoms with Crippen LogP contribution in [0.4, 0.5) is 4.79 Å². The molecule has 122 valence electrons. The van der Waals surface area contributed by atoms with Crippen LogP contribution in [0.2, 0.25) is 0 Å². The molecular formula is C18H28N2O2. The Morgan fingerprint density at radius 2 is 1.82 bits per heavy atom. The maximum absolute atomic E-state index is 12.7. The largest absolute Gasteiger partial charge is 0.396 e. The van der Waals surface area contributed by atoms with Gasteiger partial charge in [0.05, 0.1) is 5.54 Å². The number of hydrogen-bond acceptors (Lipinski definition) is 2. The Morgan fingerprint density at radius 1 is 1.14 bits per heavy atom. The number of carbonyl (C=O) groups excluding carboxylic acids is 1. The molecule has 0 aromatic rings. The lowest BCUT2D eigenvalue weighted by molar-refractivity contribution is -0.118. The van der Waals surface area contributed by atoms with Crippen LogP contribution in [0.3, 0.4) is 0 Å². The van der Waals surface area contributed by atoms with Crippen LogP contribution in [0.25, 0.3) is 0 Å². The fraction of sp³-hybridized carbons (Fsp3) is 0.944. The molecule has 2 atom stereocenters. The van der Waals surface area contributed by atoms with Gasteiger partial charge in [0.15, 0.2) is 0 Å². The van der Waals surface area contributed by atoms with Gasteiger partial charge in [-0.15, -0.1) is 0 Å². The number of aliphatic hydroxyl groups excluding tert-OH is 1. The van der Waals surface area contributed by atoms with Crippen molar-refractivity contribution >= 4 is 6.03 Å². The third kappa shape index (κ3) is 1.76. The van der Waals surface area contributed by atoms with Gasteiger partial charge in [0.1, 0.15) is 0 Å². The van der Waals surface area contributed by atoms with Crippen LogP contribution in [0.15, 0.2) is 0 Å². The molecule has 4 nitrogen and oxygen atoms in total. The molecule has 2 unspecified atom stereocenters. The maximum atomic E-state index is 12.7. The Kier molecular flexibility index (Phi) is 2.73. The second-order valence-electron chi connectivity index (χ2n) is 9.16. The molecule has 0 aromatic heterocycles. The number of aliphatic hydroxyl groups is 1. The Morgan fingerprint density at radius 3 is 2.45 bits per heavy atom. The van der Waals surface area contributed by atoms with E-state index >= 15 is 0 Å². The molecule has 1 saturated heterocycles. The normalized spacial score (nSPS) is 48.4. The predicted octanol–water partition coefficient (Wildman–Crippen LogP) is 2.51. The minimum Gasteiger partial charge on any atom is -0.396 e. The monoisotopic (exact) mass is 304 g/mol. The van der Waals surface area contributed by atoms with E-state index in [4.69, 9.17) is 0 Å². The molecule has 6 rings (SSSR count). The number of hydrogen-bond donors (Lipinski definition) is 2. The van der Waals surface area contributed by atoms with E-state index in [0.717, 1.165) is 25.3 Å². The summed E-state index contributed by atoms with van der Waals surface area (Å²) in [4.78, 5) is 14.9. The lowest BCUT2D eigenvalue weighted by atomic mass is 9.48. The Bertz CT molecular complexity index is 483. The summed E-state index contributed by atoms with van der Waals surface area (Å²) >= 11 is 0. The van der Waals surface area contributed by atoms with Crippen molar-refractivity contribution in [3.63, 3.8) is 0 Å². The summed E-state index contributed by atoms with van der Waals surface area (Å²) in [7, 11) is 0. The first-order valence-corrected chi connectivity index (χ1v) is 9.32. The second kappa shape index (κ2) is 4.40. The zero-order valence-electron chi connectivity index (χ0n) is 13.4. The third-order valence-electron chi connectivity index (χ3n) is 7.71. The van der Waals surface area contributed by atoms with Gasteiger partial charge in [-0.3, -0.25) is 0 Å². The highest BCUT2D eigenvalue weighted by Gasteiger charge is 2.59. The molecule has 2 amide bonds. The summed E-state index contributed by atoms with van der Waals surface area (Å²) < 4.78 is 0. The van der Waals surface area contributed by atoms with Gasteiger partial charge in [-0.25, -0.2) is 4.79 Å². The Hall–Kier alpha value is -0.770. The molecule has 1 spiro atoms. The number of urea groups is 1. The number of amides is 2. The van der Waals surface area contributed by atoms with Crippen molar-refractivity contribution in [2.45, 2.75) is 69.4 Å². The molecule has 0 radical (unpaired) electrons. The van der Waals surface area contributed by atoms with Crippen molar-refractivity contribution in [1.82, 2.24) is 10.2 Å². The fourth-order valence-corrected chi connectivity index (χ4v) is 7.18. The van der Waals surface area contributed by atoms with E-state index < -0.39 is 0 Å². The summed E-state index contributed by atoms with van der Waals surface area (Å²) in [6.45, 7) is 1.31. The van der Waals surface area contributed by atoms with Crippen LogP contribution < -0.4 is 5.32 Å². The lowest BCUT2D eigenvalue weighted by Gasteiger charge is -2.61. The average molecular weight is 304 g/mol. The van der Waals surface area contributed by atoms with E-state index in [0.29, 0.717) is 24.5 Å². The maximum Gasteiger partial charge on any atom is 0.318 e. The molecule has 1 heterocycles. The first-order chi connectivity index (χ1) is 10.6. The molecular weight excluding hydrogens is 276 g/mol. The van der Waals surface area contributed by atoms with Gasteiger partial charge < -0.3 is 15.3 Å². The zero-order chi connectivity index (χ0) is 14.9. The van der Waals surface area contributed by atoms with Crippen LogP contribution in [0.5, 0.6) is 0 Å². The molecule has 5 saturated carbocycles. The topological polar surface area (TPSA) is 52.6 Å². The van der Waals surface area contributed by atoms with Gasteiger partial charge in [0.25, 0.3) is 0 Å².